The van der Waals surface area contributed by atoms with Gasteiger partial charge in [-0.1, -0.05) is 56.1 Å². The fraction of sp³-hybridized carbons (Fsp3) is 0.350. The highest BCUT2D eigenvalue weighted by Gasteiger charge is 2.35. The molecule has 140 valence electrons. The Morgan fingerprint density at radius 3 is 2.89 bits per heavy atom. The predicted molar refractivity (Wildman–Crippen MR) is 106 cm³/mol. The van der Waals surface area contributed by atoms with Crippen LogP contribution in [0.25, 0.3) is 5.70 Å². The van der Waals surface area contributed by atoms with E-state index in [2.05, 4.69) is 12.2 Å². The van der Waals surface area contributed by atoms with Crippen LogP contribution < -0.4 is 15.9 Å². The largest absolute Gasteiger partial charge is 0.465 e. The Kier molecular flexibility index (Phi) is 5.29. The first-order valence-electron chi connectivity index (χ1n) is 9.30. The van der Waals surface area contributed by atoms with Crippen molar-refractivity contribution in [1.82, 2.24) is 10.3 Å². The minimum Gasteiger partial charge on any atom is -0.465 e. The summed E-state index contributed by atoms with van der Waals surface area (Å²) >= 11 is 1.58. The molecule has 7 heteroatoms. The molecule has 1 aromatic carbocycles. The van der Waals surface area contributed by atoms with Gasteiger partial charge >= 0.3 is 0 Å². The van der Waals surface area contributed by atoms with E-state index >= 15 is 0 Å². The molecule has 0 unspecified atom stereocenters. The smallest absolute Gasteiger partial charge is 0.276 e. The molecule has 4 rings (SSSR count). The fourth-order valence-electron chi connectivity index (χ4n) is 3.21. The molecule has 0 fully saturated rings. The number of thioether (sulfide) groups is 1. The number of nitrogens with zero attached hydrogens (tertiary/aromatic N) is 3. The van der Waals surface area contributed by atoms with Gasteiger partial charge < -0.3 is 4.42 Å². The number of nitrogens with one attached hydrogen (secondary N) is 1. The zero-order chi connectivity index (χ0) is 18.6. The molecular weight excluding hydrogens is 360 g/mol. The molecule has 0 saturated heterocycles. The molecule has 27 heavy (non-hydrogen) atoms. The number of fused-ring (bicyclic) bond motifs is 2. The van der Waals surface area contributed by atoms with E-state index in [1.165, 1.54) is 19.3 Å². The first-order valence-corrected chi connectivity index (χ1v) is 10.3. The molecule has 1 atom stereocenters. The average molecular weight is 382 g/mol. The molecule has 1 aromatic heterocycles. The lowest BCUT2D eigenvalue weighted by Crippen LogP contribution is -2.50. The van der Waals surface area contributed by atoms with Crippen LogP contribution in [0.3, 0.4) is 0 Å². The van der Waals surface area contributed by atoms with Crippen molar-refractivity contribution in [3.05, 3.63) is 59.0 Å². The van der Waals surface area contributed by atoms with Crippen LogP contribution in [0.2, 0.25) is 0 Å². The first kappa shape index (κ1) is 17.9. The second-order valence-electron chi connectivity index (χ2n) is 6.50. The van der Waals surface area contributed by atoms with Crippen LogP contribution >= 0.6 is 11.8 Å². The number of rotatable bonds is 6. The third-order valence-corrected chi connectivity index (χ3v) is 5.50. The molecule has 6 nitrogen and oxygen atoms in total. The van der Waals surface area contributed by atoms with Gasteiger partial charge in [0.1, 0.15) is 11.5 Å². The van der Waals surface area contributed by atoms with Gasteiger partial charge in [0.15, 0.2) is 5.17 Å². The van der Waals surface area contributed by atoms with Crippen LogP contribution in [0.4, 0.5) is 0 Å². The van der Waals surface area contributed by atoms with Gasteiger partial charge in [-0.2, -0.15) is 0 Å². The predicted octanol–water partition coefficient (Wildman–Crippen LogP) is 2.74. The highest BCUT2D eigenvalue weighted by atomic mass is 32.2. The zero-order valence-electron chi connectivity index (χ0n) is 15.2. The van der Waals surface area contributed by atoms with Gasteiger partial charge in [-0.05, 0) is 24.6 Å². The molecular formula is C20H22N4O2S. The fourth-order valence-corrected chi connectivity index (χ4v) is 4.07. The minimum atomic E-state index is -0.480. The van der Waals surface area contributed by atoms with Crippen molar-refractivity contribution < 1.29 is 9.21 Å². The summed E-state index contributed by atoms with van der Waals surface area (Å²) < 4.78 is 5.58. The second-order valence-corrected chi connectivity index (χ2v) is 7.58. The molecule has 0 bridgehead atoms. The maximum Gasteiger partial charge on any atom is 0.276 e. The lowest BCUT2D eigenvalue weighted by molar-refractivity contribution is -0.116. The maximum absolute atomic E-state index is 12.9. The van der Waals surface area contributed by atoms with Crippen LogP contribution in [0.1, 0.15) is 44.5 Å². The summed E-state index contributed by atoms with van der Waals surface area (Å²) in [6, 6.07) is 11.3. The van der Waals surface area contributed by atoms with E-state index in [4.69, 9.17) is 14.5 Å². The topological polar surface area (TPSA) is 70.2 Å². The number of hydrazone groups is 1. The van der Waals surface area contributed by atoms with Gasteiger partial charge in [0.05, 0.1) is 11.6 Å². The van der Waals surface area contributed by atoms with Crippen molar-refractivity contribution >= 4 is 28.5 Å². The average Bonchev–Trinajstić information content (AvgIpc) is 3.21. The van der Waals surface area contributed by atoms with Crippen molar-refractivity contribution in [3.8, 4) is 0 Å². The molecule has 1 amide bonds. The van der Waals surface area contributed by atoms with Crippen molar-refractivity contribution in [2.24, 2.45) is 10.1 Å². The van der Waals surface area contributed by atoms with Gasteiger partial charge in [0, 0.05) is 11.0 Å². The first-order chi connectivity index (χ1) is 13.3. The van der Waals surface area contributed by atoms with Gasteiger partial charge in [0.2, 0.25) is 6.17 Å². The summed E-state index contributed by atoms with van der Waals surface area (Å²) in [6.45, 7) is 2.20. The number of para-hydroxylation sites is 1. The van der Waals surface area contributed by atoms with Crippen LogP contribution in [-0.2, 0) is 4.79 Å². The Bertz CT molecular complexity index is 968. The Morgan fingerprint density at radius 2 is 2.07 bits per heavy atom. The highest BCUT2D eigenvalue weighted by molar-refractivity contribution is 8.13. The number of carbonyl (C=O) groups excluding carboxylic acids is 1. The number of carbonyl (C=O) groups is 1. The number of amidine groups is 1. The number of hydrogen-bond donors (Lipinski definition) is 1. The van der Waals surface area contributed by atoms with E-state index in [1.807, 2.05) is 36.4 Å². The Labute approximate surface area is 162 Å². The monoisotopic (exact) mass is 382 g/mol. The van der Waals surface area contributed by atoms with E-state index < -0.39 is 6.17 Å². The van der Waals surface area contributed by atoms with Crippen LogP contribution in [0.5, 0.6) is 0 Å². The molecule has 0 radical (unpaired) electrons. The summed E-state index contributed by atoms with van der Waals surface area (Å²) in [5, 5.41) is 11.5. The van der Waals surface area contributed by atoms with Crippen LogP contribution in [0.15, 0.2) is 57.2 Å². The van der Waals surface area contributed by atoms with E-state index in [9.17, 15) is 4.79 Å². The SMILES string of the molecule is CCCCCCSC1=NN2C(=c3ccccc3=N[C@H]2c2ccco2)C(=O)N1. The van der Waals surface area contributed by atoms with Gasteiger partial charge in [-0.15, -0.1) is 5.10 Å². The number of unbranched alkanes of at least 4 members (excludes halogenated alkanes) is 3. The molecule has 2 aliphatic rings. The van der Waals surface area contributed by atoms with Crippen molar-refractivity contribution in [2.75, 3.05) is 5.75 Å². The van der Waals surface area contributed by atoms with E-state index in [1.54, 1.807) is 23.0 Å². The molecule has 2 aliphatic heterocycles. The zero-order valence-corrected chi connectivity index (χ0v) is 16.0. The van der Waals surface area contributed by atoms with E-state index in [0.717, 1.165) is 22.7 Å². The molecule has 0 aliphatic carbocycles. The van der Waals surface area contributed by atoms with E-state index in [0.29, 0.717) is 16.6 Å². The van der Waals surface area contributed by atoms with Crippen molar-refractivity contribution in [1.29, 1.82) is 0 Å². The maximum atomic E-state index is 12.9. The third kappa shape index (κ3) is 3.64. The number of hydrogen-bond acceptors (Lipinski definition) is 6. The Hall–Kier alpha value is -2.54. The van der Waals surface area contributed by atoms with Crippen molar-refractivity contribution in [3.63, 3.8) is 0 Å². The molecule has 1 N–H and O–H groups in total. The minimum absolute atomic E-state index is 0.153. The lowest BCUT2D eigenvalue weighted by atomic mass is 10.1. The number of furan rings is 1. The second kappa shape index (κ2) is 8.00. The van der Waals surface area contributed by atoms with Gasteiger partial charge in [-0.25, -0.2) is 10.0 Å². The number of benzene rings is 1. The standard InChI is InChI=1S/C20H22N4O2S/c1-2-3-4-7-13-27-20-22-19(25)17-14-9-5-6-10-15(14)21-18(24(17)23-20)16-11-8-12-26-16/h5-6,8-12,18H,2-4,7,13H2,1H3,(H,22,23,25)/t18-/m1/s1. The number of amides is 1. The molecule has 0 saturated carbocycles. The van der Waals surface area contributed by atoms with Crippen LogP contribution in [-0.4, -0.2) is 21.8 Å². The summed E-state index contributed by atoms with van der Waals surface area (Å²) in [7, 11) is 0. The summed E-state index contributed by atoms with van der Waals surface area (Å²) in [6.07, 6.45) is 5.89. The Balaban J connectivity index is 1.68. The summed E-state index contributed by atoms with van der Waals surface area (Å²) in [5.41, 5.74) is 0.511. The Morgan fingerprint density at radius 1 is 1.19 bits per heavy atom. The molecule has 3 heterocycles. The van der Waals surface area contributed by atoms with E-state index in [-0.39, 0.29) is 5.91 Å². The molecule has 2 aromatic rings. The van der Waals surface area contributed by atoms with Gasteiger partial charge in [-0.3, -0.25) is 10.1 Å². The third-order valence-electron chi connectivity index (χ3n) is 4.55. The summed E-state index contributed by atoms with van der Waals surface area (Å²) in [4.78, 5) is 17.7. The highest BCUT2D eigenvalue weighted by Crippen LogP contribution is 2.30. The van der Waals surface area contributed by atoms with Crippen molar-refractivity contribution in [2.45, 2.75) is 38.8 Å². The quantitative estimate of drug-likeness (QED) is 0.780. The summed E-state index contributed by atoms with van der Waals surface area (Å²) in [5.74, 6) is 1.44. The van der Waals surface area contributed by atoms with Crippen LogP contribution in [0, 0.1) is 0 Å². The van der Waals surface area contributed by atoms with Gasteiger partial charge in [0.25, 0.3) is 5.91 Å². The lowest BCUT2D eigenvalue weighted by Gasteiger charge is -2.32. The normalized spacial score (nSPS) is 18.3. The molecule has 0 spiro atoms.